The van der Waals surface area contributed by atoms with Crippen LogP contribution in [0.25, 0.3) is 0 Å². The summed E-state index contributed by atoms with van der Waals surface area (Å²) in [6, 6.07) is 0. The Morgan fingerprint density at radius 2 is 1.03 bits per heavy atom. The van der Waals surface area contributed by atoms with Gasteiger partial charge in [-0.25, -0.2) is 0 Å². The maximum absolute atomic E-state index is 12.4. The molecule has 0 aromatic carbocycles. The van der Waals surface area contributed by atoms with E-state index in [0.717, 1.165) is 82.5 Å². The van der Waals surface area contributed by atoms with E-state index in [1.54, 1.807) is 0 Å². The Hall–Kier alpha value is -1.06. The smallest absolute Gasteiger partial charge is 0.308 e. The van der Waals surface area contributed by atoms with Crippen molar-refractivity contribution in [3.8, 4) is 0 Å². The van der Waals surface area contributed by atoms with Crippen LogP contribution in [0.5, 0.6) is 0 Å². The molecule has 0 aromatic rings. The molecule has 0 heterocycles. The van der Waals surface area contributed by atoms with Crippen LogP contribution in [0, 0.1) is 35.5 Å². The maximum Gasteiger partial charge on any atom is 0.308 e. The van der Waals surface area contributed by atoms with Gasteiger partial charge >= 0.3 is 11.9 Å². The van der Waals surface area contributed by atoms with Gasteiger partial charge in [0.05, 0.1) is 25.0 Å². The summed E-state index contributed by atoms with van der Waals surface area (Å²) < 4.78 is 11.4. The molecule has 4 nitrogen and oxygen atoms in total. The molecule has 2 saturated carbocycles. The lowest BCUT2D eigenvalue weighted by Gasteiger charge is -2.27. The highest BCUT2D eigenvalue weighted by atomic mass is 16.5. The fraction of sp³-hybridized carbons (Fsp3) is 0.920. The van der Waals surface area contributed by atoms with Crippen LogP contribution in [0.3, 0.4) is 0 Å². The van der Waals surface area contributed by atoms with Crippen LogP contribution in [0.4, 0.5) is 0 Å². The average Bonchev–Trinajstić information content (AvgIpc) is 2.73. The number of ether oxygens (including phenoxy) is 2. The second-order valence-corrected chi connectivity index (χ2v) is 9.96. The third kappa shape index (κ3) is 8.30. The lowest BCUT2D eigenvalue weighted by atomic mass is 9.83. The highest BCUT2D eigenvalue weighted by molar-refractivity contribution is 5.72. The molecular weight excluding hydrogens is 364 g/mol. The highest BCUT2D eigenvalue weighted by Gasteiger charge is 2.28. The lowest BCUT2D eigenvalue weighted by Crippen LogP contribution is -2.27. The minimum atomic E-state index is 0.00125. The number of esters is 2. The molecule has 4 heteroatoms. The molecule has 0 N–H and O–H groups in total. The summed E-state index contributed by atoms with van der Waals surface area (Å²) in [6.07, 6.45) is 11.4. The zero-order valence-electron chi connectivity index (χ0n) is 19.3. The van der Waals surface area contributed by atoms with Crippen molar-refractivity contribution in [1.82, 2.24) is 0 Å². The molecule has 168 valence electrons. The van der Waals surface area contributed by atoms with Gasteiger partial charge in [-0.1, -0.05) is 40.5 Å². The van der Waals surface area contributed by atoms with Crippen LogP contribution >= 0.6 is 0 Å². The topological polar surface area (TPSA) is 52.6 Å². The Morgan fingerprint density at radius 1 is 0.690 bits per heavy atom. The monoisotopic (exact) mass is 408 g/mol. The molecular formula is C25H44O4. The Kier molecular flexibility index (Phi) is 10.5. The SMILES string of the molecule is CCC(COC(=O)C1CCC(C)CC1)CC(CC)COC(=O)C1CCC(C)CC1. The van der Waals surface area contributed by atoms with Crippen molar-refractivity contribution in [2.75, 3.05) is 13.2 Å². The van der Waals surface area contributed by atoms with E-state index in [1.165, 1.54) is 0 Å². The number of hydrogen-bond donors (Lipinski definition) is 0. The third-order valence-electron chi connectivity index (χ3n) is 7.44. The third-order valence-corrected chi connectivity index (χ3v) is 7.44. The quantitative estimate of drug-likeness (QED) is 0.406. The van der Waals surface area contributed by atoms with Gasteiger partial charge in [-0.2, -0.15) is 0 Å². The van der Waals surface area contributed by atoms with Crippen molar-refractivity contribution in [2.45, 2.75) is 98.3 Å². The molecule has 0 amide bonds. The molecule has 2 fully saturated rings. The van der Waals surface area contributed by atoms with E-state index >= 15 is 0 Å². The number of hydrogen-bond acceptors (Lipinski definition) is 4. The van der Waals surface area contributed by atoms with Gasteiger partial charge in [-0.05, 0) is 81.5 Å². The Balaban J connectivity index is 1.70. The molecule has 2 aliphatic carbocycles. The van der Waals surface area contributed by atoms with Gasteiger partial charge in [0.25, 0.3) is 0 Å². The lowest BCUT2D eigenvalue weighted by molar-refractivity contribution is -0.152. The van der Waals surface area contributed by atoms with Crippen LogP contribution in [0.1, 0.15) is 98.3 Å². The van der Waals surface area contributed by atoms with E-state index in [1.807, 2.05) is 0 Å². The molecule has 29 heavy (non-hydrogen) atoms. The molecule has 0 radical (unpaired) electrons. The van der Waals surface area contributed by atoms with Gasteiger partial charge in [0.2, 0.25) is 0 Å². The molecule has 2 rings (SSSR count). The summed E-state index contributed by atoms with van der Waals surface area (Å²) in [5.74, 6) is 2.39. The first-order chi connectivity index (χ1) is 13.9. The molecule has 0 bridgehead atoms. The Morgan fingerprint density at radius 3 is 1.34 bits per heavy atom. The van der Waals surface area contributed by atoms with Crippen molar-refractivity contribution in [3.05, 3.63) is 0 Å². The van der Waals surface area contributed by atoms with Crippen LogP contribution in [0.15, 0.2) is 0 Å². The fourth-order valence-electron chi connectivity index (χ4n) is 4.80. The number of rotatable bonds is 10. The zero-order valence-corrected chi connectivity index (χ0v) is 19.3. The standard InChI is InChI=1S/C25H44O4/c1-5-20(16-28-24(26)22-11-7-18(3)8-12-22)15-21(6-2)17-29-25(27)23-13-9-19(4)10-14-23/h18-23H,5-17H2,1-4H3. The summed E-state index contributed by atoms with van der Waals surface area (Å²) in [5, 5.41) is 0. The molecule has 0 spiro atoms. The number of carbonyl (C=O) groups excluding carboxylic acids is 2. The van der Waals surface area contributed by atoms with E-state index in [4.69, 9.17) is 9.47 Å². The maximum atomic E-state index is 12.4. The minimum absolute atomic E-state index is 0.00125. The van der Waals surface area contributed by atoms with Crippen molar-refractivity contribution in [1.29, 1.82) is 0 Å². The van der Waals surface area contributed by atoms with E-state index in [0.29, 0.717) is 25.0 Å². The second kappa shape index (κ2) is 12.6. The van der Waals surface area contributed by atoms with Crippen molar-refractivity contribution in [3.63, 3.8) is 0 Å². The minimum Gasteiger partial charge on any atom is -0.465 e. The average molecular weight is 409 g/mol. The summed E-state index contributed by atoms with van der Waals surface area (Å²) in [6.45, 7) is 9.85. The molecule has 0 aliphatic heterocycles. The molecule has 0 aromatic heterocycles. The first kappa shape index (κ1) is 24.2. The normalized spacial score (nSPS) is 29.7. The van der Waals surface area contributed by atoms with Crippen molar-refractivity contribution in [2.24, 2.45) is 35.5 Å². The molecule has 2 atom stereocenters. The van der Waals surface area contributed by atoms with E-state index in [9.17, 15) is 9.59 Å². The Labute approximate surface area is 178 Å². The molecule has 2 unspecified atom stereocenters. The van der Waals surface area contributed by atoms with Crippen LogP contribution < -0.4 is 0 Å². The van der Waals surface area contributed by atoms with Gasteiger partial charge in [-0.3, -0.25) is 9.59 Å². The van der Waals surface area contributed by atoms with Crippen LogP contribution in [-0.4, -0.2) is 25.2 Å². The van der Waals surface area contributed by atoms with Crippen molar-refractivity contribution >= 4 is 11.9 Å². The Bertz CT molecular complexity index is 443. The first-order valence-electron chi connectivity index (χ1n) is 12.3. The summed E-state index contributed by atoms with van der Waals surface area (Å²) in [4.78, 5) is 24.8. The van der Waals surface area contributed by atoms with Gasteiger partial charge in [0.1, 0.15) is 0 Å². The first-order valence-corrected chi connectivity index (χ1v) is 12.3. The van der Waals surface area contributed by atoms with E-state index in [-0.39, 0.29) is 23.8 Å². The zero-order chi connectivity index (χ0) is 21.2. The van der Waals surface area contributed by atoms with Crippen LogP contribution in [-0.2, 0) is 19.1 Å². The predicted molar refractivity (Wildman–Crippen MR) is 116 cm³/mol. The summed E-state index contributed by atoms with van der Waals surface area (Å²) >= 11 is 0. The fourth-order valence-corrected chi connectivity index (χ4v) is 4.80. The van der Waals surface area contributed by atoms with Crippen molar-refractivity contribution < 1.29 is 19.1 Å². The van der Waals surface area contributed by atoms with Gasteiger partial charge in [0.15, 0.2) is 0 Å². The van der Waals surface area contributed by atoms with E-state index < -0.39 is 0 Å². The molecule has 2 aliphatic rings. The molecule has 0 saturated heterocycles. The largest absolute Gasteiger partial charge is 0.465 e. The summed E-state index contributed by atoms with van der Waals surface area (Å²) in [7, 11) is 0. The van der Waals surface area contributed by atoms with Gasteiger partial charge < -0.3 is 9.47 Å². The van der Waals surface area contributed by atoms with E-state index in [2.05, 4.69) is 27.7 Å². The van der Waals surface area contributed by atoms with Crippen LogP contribution in [0.2, 0.25) is 0 Å². The number of carbonyl (C=O) groups is 2. The van der Waals surface area contributed by atoms with Gasteiger partial charge in [0, 0.05) is 0 Å². The predicted octanol–water partition coefficient (Wildman–Crippen LogP) is 6.17. The highest BCUT2D eigenvalue weighted by Crippen LogP contribution is 2.31. The van der Waals surface area contributed by atoms with Gasteiger partial charge in [-0.15, -0.1) is 0 Å². The second-order valence-electron chi connectivity index (χ2n) is 9.96. The summed E-state index contributed by atoms with van der Waals surface area (Å²) in [5.41, 5.74) is 0.